The van der Waals surface area contributed by atoms with Crippen molar-refractivity contribution in [2.45, 2.75) is 17.1 Å². The molecule has 0 amide bonds. The van der Waals surface area contributed by atoms with E-state index in [1.165, 1.54) is 5.56 Å². The van der Waals surface area contributed by atoms with E-state index >= 15 is 0 Å². The highest BCUT2D eigenvalue weighted by atomic mass is 32.2. The molecular formula is C8H10S2. The minimum Gasteiger partial charge on any atom is -0.137 e. The maximum Gasteiger partial charge on any atom is 0.0605 e. The minimum absolute atomic E-state index is 0.429. The van der Waals surface area contributed by atoms with Gasteiger partial charge in [-0.25, -0.2) is 0 Å². The van der Waals surface area contributed by atoms with Crippen LogP contribution in [0.3, 0.4) is 0 Å². The van der Waals surface area contributed by atoms with E-state index in [1.54, 1.807) is 11.3 Å². The Kier molecular flexibility index (Phi) is 2.57. The van der Waals surface area contributed by atoms with Crippen LogP contribution in [0.1, 0.15) is 18.4 Å². The molecule has 0 nitrogen and oxygen atoms in total. The first-order chi connectivity index (χ1) is 4.75. The minimum atomic E-state index is 0.429. The Bertz CT molecular complexity index is 225. The molecule has 1 atom stereocenters. The van der Waals surface area contributed by atoms with Crippen LogP contribution in [0.2, 0.25) is 0 Å². The summed E-state index contributed by atoms with van der Waals surface area (Å²) >= 11 is 5.98. The number of hydrogen-bond donors (Lipinski definition) is 1. The predicted octanol–water partition coefficient (Wildman–Crippen LogP) is 3.33. The third kappa shape index (κ3) is 1.44. The van der Waals surface area contributed by atoms with E-state index in [1.807, 2.05) is 6.08 Å². The van der Waals surface area contributed by atoms with Crippen LogP contribution >= 0.6 is 24.0 Å². The van der Waals surface area contributed by atoms with Gasteiger partial charge in [-0.05, 0) is 17.0 Å². The van der Waals surface area contributed by atoms with Crippen molar-refractivity contribution < 1.29 is 0 Å². The lowest BCUT2D eigenvalue weighted by Crippen LogP contribution is -1.84. The summed E-state index contributed by atoms with van der Waals surface area (Å²) < 4.78 is 1.10. The number of rotatable bonds is 2. The van der Waals surface area contributed by atoms with Crippen molar-refractivity contribution in [3.05, 3.63) is 29.7 Å². The summed E-state index contributed by atoms with van der Waals surface area (Å²) in [6.07, 6.45) is 1.93. The average molecular weight is 170 g/mol. The van der Waals surface area contributed by atoms with Gasteiger partial charge >= 0.3 is 0 Å². The summed E-state index contributed by atoms with van der Waals surface area (Å²) in [6, 6.07) is 2.10. The number of hydrogen-bond acceptors (Lipinski definition) is 2. The molecule has 0 aliphatic heterocycles. The SMILES string of the molecule is C=CC(C)c1ccsc1S. The fourth-order valence-electron chi connectivity index (χ4n) is 0.785. The van der Waals surface area contributed by atoms with Crippen LogP contribution < -0.4 is 0 Å². The molecule has 10 heavy (non-hydrogen) atoms. The van der Waals surface area contributed by atoms with E-state index in [0.717, 1.165) is 4.21 Å². The van der Waals surface area contributed by atoms with Crippen LogP contribution in [0.25, 0.3) is 0 Å². The van der Waals surface area contributed by atoms with Crippen molar-refractivity contribution in [3.63, 3.8) is 0 Å². The molecule has 0 N–H and O–H groups in total. The van der Waals surface area contributed by atoms with Crippen LogP contribution in [0.5, 0.6) is 0 Å². The maximum atomic E-state index is 4.31. The molecule has 1 rings (SSSR count). The van der Waals surface area contributed by atoms with Crippen molar-refractivity contribution in [1.82, 2.24) is 0 Å². The molecule has 0 aliphatic rings. The number of allylic oxidation sites excluding steroid dienone is 1. The van der Waals surface area contributed by atoms with Gasteiger partial charge in [0.1, 0.15) is 0 Å². The summed E-state index contributed by atoms with van der Waals surface area (Å²) in [6.45, 7) is 5.85. The van der Waals surface area contributed by atoms with Gasteiger partial charge in [0.25, 0.3) is 0 Å². The van der Waals surface area contributed by atoms with Crippen LogP contribution in [0.15, 0.2) is 28.3 Å². The molecule has 0 aliphatic carbocycles. The van der Waals surface area contributed by atoms with E-state index in [-0.39, 0.29) is 0 Å². The van der Waals surface area contributed by atoms with Gasteiger partial charge in [0, 0.05) is 5.92 Å². The molecule has 1 heterocycles. The van der Waals surface area contributed by atoms with Crippen LogP contribution in [-0.4, -0.2) is 0 Å². The first-order valence-electron chi connectivity index (χ1n) is 3.14. The van der Waals surface area contributed by atoms with Crippen molar-refractivity contribution in [3.8, 4) is 0 Å². The Labute approximate surface area is 71.0 Å². The molecule has 1 aromatic rings. The second-order valence-corrected chi connectivity index (χ2v) is 3.87. The smallest absolute Gasteiger partial charge is 0.0605 e. The molecular weight excluding hydrogens is 160 g/mol. The van der Waals surface area contributed by atoms with Gasteiger partial charge in [0.2, 0.25) is 0 Å². The lowest BCUT2D eigenvalue weighted by Gasteiger charge is -2.02. The molecule has 1 unspecified atom stereocenters. The molecule has 54 valence electrons. The Hall–Kier alpha value is -0.210. The zero-order chi connectivity index (χ0) is 7.56. The van der Waals surface area contributed by atoms with Crippen LogP contribution in [0, 0.1) is 0 Å². The van der Waals surface area contributed by atoms with Crippen molar-refractivity contribution in [1.29, 1.82) is 0 Å². The van der Waals surface area contributed by atoms with Gasteiger partial charge < -0.3 is 0 Å². The third-order valence-electron chi connectivity index (χ3n) is 1.52. The van der Waals surface area contributed by atoms with Gasteiger partial charge in [-0.2, -0.15) is 0 Å². The van der Waals surface area contributed by atoms with Crippen molar-refractivity contribution in [2.24, 2.45) is 0 Å². The fourth-order valence-corrected chi connectivity index (χ4v) is 1.98. The Balaban J connectivity index is 2.92. The van der Waals surface area contributed by atoms with E-state index in [2.05, 4.69) is 37.6 Å². The summed E-state index contributed by atoms with van der Waals surface area (Å²) in [5.74, 6) is 0.429. The van der Waals surface area contributed by atoms with Gasteiger partial charge in [-0.15, -0.1) is 30.5 Å². The van der Waals surface area contributed by atoms with E-state index in [4.69, 9.17) is 0 Å². The van der Waals surface area contributed by atoms with Crippen molar-refractivity contribution >= 4 is 24.0 Å². The van der Waals surface area contributed by atoms with Gasteiger partial charge in [-0.3, -0.25) is 0 Å². The van der Waals surface area contributed by atoms with Crippen LogP contribution in [-0.2, 0) is 0 Å². The van der Waals surface area contributed by atoms with Gasteiger partial charge in [0.05, 0.1) is 4.21 Å². The standard InChI is InChI=1S/C8H10S2/c1-3-6(2)7-4-5-10-8(7)9/h3-6,9H,1H2,2H3. The molecule has 0 aromatic carbocycles. The highest BCUT2D eigenvalue weighted by Crippen LogP contribution is 2.28. The molecule has 0 bridgehead atoms. The molecule has 0 saturated heterocycles. The lowest BCUT2D eigenvalue weighted by molar-refractivity contribution is 0.956. The maximum absolute atomic E-state index is 4.31. The average Bonchev–Trinajstić information content (AvgIpc) is 2.34. The zero-order valence-electron chi connectivity index (χ0n) is 5.87. The Morgan fingerprint density at radius 2 is 2.50 bits per heavy atom. The Morgan fingerprint density at radius 1 is 1.80 bits per heavy atom. The lowest BCUT2D eigenvalue weighted by atomic mass is 10.1. The van der Waals surface area contributed by atoms with Gasteiger partial charge in [0.15, 0.2) is 0 Å². The Morgan fingerprint density at radius 3 is 2.90 bits per heavy atom. The summed E-state index contributed by atoms with van der Waals surface area (Å²) in [5, 5.41) is 2.05. The van der Waals surface area contributed by atoms with E-state index < -0.39 is 0 Å². The zero-order valence-corrected chi connectivity index (χ0v) is 7.58. The highest BCUT2D eigenvalue weighted by molar-refractivity contribution is 7.82. The molecule has 0 spiro atoms. The normalized spacial score (nSPS) is 13.0. The summed E-state index contributed by atoms with van der Waals surface area (Å²) in [4.78, 5) is 0. The summed E-state index contributed by atoms with van der Waals surface area (Å²) in [7, 11) is 0. The van der Waals surface area contributed by atoms with E-state index in [0.29, 0.717) is 5.92 Å². The first kappa shape index (κ1) is 7.89. The van der Waals surface area contributed by atoms with Crippen LogP contribution in [0.4, 0.5) is 0 Å². The first-order valence-corrected chi connectivity index (χ1v) is 4.47. The second-order valence-electron chi connectivity index (χ2n) is 2.21. The quantitative estimate of drug-likeness (QED) is 0.511. The molecule has 0 radical (unpaired) electrons. The monoisotopic (exact) mass is 170 g/mol. The predicted molar refractivity (Wildman–Crippen MR) is 50.2 cm³/mol. The van der Waals surface area contributed by atoms with Gasteiger partial charge in [-0.1, -0.05) is 13.0 Å². The summed E-state index contributed by atoms with van der Waals surface area (Å²) in [5.41, 5.74) is 1.28. The topological polar surface area (TPSA) is 0 Å². The molecule has 0 fully saturated rings. The van der Waals surface area contributed by atoms with Crippen molar-refractivity contribution in [2.75, 3.05) is 0 Å². The highest BCUT2D eigenvalue weighted by Gasteiger charge is 2.04. The molecule has 0 saturated carbocycles. The largest absolute Gasteiger partial charge is 0.137 e. The second kappa shape index (κ2) is 3.26. The molecule has 2 heteroatoms. The fraction of sp³-hybridized carbons (Fsp3) is 0.250. The third-order valence-corrected chi connectivity index (χ3v) is 2.82. The number of thiophene rings is 1. The molecule has 1 aromatic heterocycles. The number of thiol groups is 1. The van der Waals surface area contributed by atoms with E-state index in [9.17, 15) is 0 Å².